The third-order valence-corrected chi connectivity index (χ3v) is 8.00. The summed E-state index contributed by atoms with van der Waals surface area (Å²) in [4.78, 5) is 11.5. The Kier molecular flexibility index (Phi) is 6.82. The third kappa shape index (κ3) is 5.06. The van der Waals surface area contributed by atoms with Crippen LogP contribution in [0.25, 0.3) is 0 Å². The normalized spacial score (nSPS) is 19.3. The Morgan fingerprint density at radius 1 is 1.10 bits per heavy atom. The van der Waals surface area contributed by atoms with Crippen molar-refractivity contribution in [3.8, 4) is 0 Å². The van der Waals surface area contributed by atoms with E-state index in [9.17, 15) is 39.9 Å². The molecule has 0 unspecified atom stereocenters. The van der Waals surface area contributed by atoms with Gasteiger partial charge in [-0.2, -0.15) is 21.8 Å². The lowest BCUT2D eigenvalue weighted by atomic mass is 10.1. The van der Waals surface area contributed by atoms with Gasteiger partial charge >= 0.3 is 6.18 Å². The molecular formula is C15H19ClF3N3O6S2. The first-order valence-electron chi connectivity index (χ1n) is 8.33. The number of carbonyl (C=O) groups excluding carboxylic acids is 1. The quantitative estimate of drug-likeness (QED) is 0.627. The highest BCUT2D eigenvalue weighted by molar-refractivity contribution is 7.89. The molecule has 1 atom stereocenters. The topological polar surface area (TPSA) is 124 Å². The molecule has 1 amide bonds. The maximum absolute atomic E-state index is 12.7. The summed E-state index contributed by atoms with van der Waals surface area (Å²) in [6.45, 7) is 0.00402. The van der Waals surface area contributed by atoms with Gasteiger partial charge in [-0.05, 0) is 25.1 Å². The highest BCUT2D eigenvalue weighted by Gasteiger charge is 2.55. The van der Waals surface area contributed by atoms with Crippen molar-refractivity contribution in [1.29, 1.82) is 0 Å². The molecule has 0 bridgehead atoms. The minimum absolute atomic E-state index is 0.0353. The molecule has 1 aliphatic heterocycles. The fourth-order valence-electron chi connectivity index (χ4n) is 2.52. The van der Waals surface area contributed by atoms with Gasteiger partial charge in [0, 0.05) is 26.2 Å². The Hall–Kier alpha value is -1.45. The average molecular weight is 494 g/mol. The Balaban J connectivity index is 2.20. The SMILES string of the molecule is C[C@@](O)(C(=O)Nc1ccc(S(=O)(=O)N2CCN(S(C)(=O)=O)CC2)cc1Cl)C(F)(F)F. The molecule has 15 heteroatoms. The summed E-state index contributed by atoms with van der Waals surface area (Å²) in [7, 11) is -7.52. The molecule has 0 saturated carbocycles. The zero-order chi connectivity index (χ0) is 23.1. The van der Waals surface area contributed by atoms with Crippen molar-refractivity contribution >= 4 is 43.2 Å². The predicted molar refractivity (Wildman–Crippen MR) is 102 cm³/mol. The van der Waals surface area contributed by atoms with E-state index in [-0.39, 0.29) is 48.7 Å². The van der Waals surface area contributed by atoms with E-state index in [1.807, 2.05) is 5.32 Å². The van der Waals surface area contributed by atoms with E-state index in [2.05, 4.69) is 0 Å². The molecule has 1 fully saturated rings. The summed E-state index contributed by atoms with van der Waals surface area (Å²) in [6, 6.07) is 2.96. The van der Waals surface area contributed by atoms with Crippen LogP contribution in [0.3, 0.4) is 0 Å². The van der Waals surface area contributed by atoms with Crippen LogP contribution >= 0.6 is 11.6 Å². The lowest BCUT2D eigenvalue weighted by molar-refractivity contribution is -0.242. The van der Waals surface area contributed by atoms with Crippen LogP contribution in [-0.4, -0.2) is 80.7 Å². The molecule has 1 aromatic rings. The fraction of sp³-hybridized carbons (Fsp3) is 0.533. The molecule has 2 N–H and O–H groups in total. The Morgan fingerprint density at radius 2 is 1.60 bits per heavy atom. The van der Waals surface area contributed by atoms with Gasteiger partial charge in [-0.3, -0.25) is 4.79 Å². The van der Waals surface area contributed by atoms with Crippen molar-refractivity contribution in [1.82, 2.24) is 8.61 Å². The molecule has 0 radical (unpaired) electrons. The minimum atomic E-state index is -5.24. The summed E-state index contributed by atoms with van der Waals surface area (Å²) < 4.78 is 89.0. The van der Waals surface area contributed by atoms with Crippen molar-refractivity contribution in [2.24, 2.45) is 0 Å². The van der Waals surface area contributed by atoms with Crippen molar-refractivity contribution in [3.63, 3.8) is 0 Å². The highest BCUT2D eigenvalue weighted by atomic mass is 35.5. The zero-order valence-corrected chi connectivity index (χ0v) is 18.2. The van der Waals surface area contributed by atoms with Gasteiger partial charge in [-0.15, -0.1) is 0 Å². The number of hydrogen-bond acceptors (Lipinski definition) is 6. The van der Waals surface area contributed by atoms with Gasteiger partial charge in [0.1, 0.15) is 0 Å². The highest BCUT2D eigenvalue weighted by Crippen LogP contribution is 2.33. The predicted octanol–water partition coefficient (Wildman–Crippen LogP) is 0.858. The lowest BCUT2D eigenvalue weighted by Crippen LogP contribution is -2.52. The van der Waals surface area contributed by atoms with Crippen molar-refractivity contribution in [2.45, 2.75) is 23.6 Å². The van der Waals surface area contributed by atoms with Crippen molar-refractivity contribution in [3.05, 3.63) is 23.2 Å². The van der Waals surface area contributed by atoms with E-state index >= 15 is 0 Å². The van der Waals surface area contributed by atoms with E-state index in [1.54, 1.807) is 0 Å². The Bertz CT molecular complexity index is 1040. The van der Waals surface area contributed by atoms with Crippen molar-refractivity contribution < 1.29 is 39.9 Å². The Labute approximate surface area is 176 Å². The second-order valence-electron chi connectivity index (χ2n) is 6.73. The van der Waals surface area contributed by atoms with E-state index in [4.69, 9.17) is 11.6 Å². The van der Waals surface area contributed by atoms with Crippen LogP contribution in [0, 0.1) is 0 Å². The molecule has 1 aliphatic rings. The zero-order valence-electron chi connectivity index (χ0n) is 15.8. The van der Waals surface area contributed by atoms with E-state index in [0.29, 0.717) is 0 Å². The number of benzene rings is 1. The monoisotopic (exact) mass is 493 g/mol. The molecule has 0 spiro atoms. The molecule has 0 aromatic heterocycles. The molecule has 0 aliphatic carbocycles. The first-order valence-corrected chi connectivity index (χ1v) is 12.0. The van der Waals surface area contributed by atoms with E-state index in [0.717, 1.165) is 33.1 Å². The van der Waals surface area contributed by atoms with Gasteiger partial charge in [0.25, 0.3) is 5.91 Å². The number of piperazine rings is 1. The fourth-order valence-corrected chi connectivity index (χ4v) is 5.09. The second kappa shape index (κ2) is 8.24. The number of nitrogens with zero attached hydrogens (tertiary/aromatic N) is 2. The number of alkyl halides is 3. The molecule has 170 valence electrons. The van der Waals surface area contributed by atoms with Gasteiger partial charge < -0.3 is 10.4 Å². The van der Waals surface area contributed by atoms with Crippen LogP contribution in [-0.2, 0) is 24.8 Å². The van der Waals surface area contributed by atoms with Gasteiger partial charge in [0.2, 0.25) is 25.6 Å². The van der Waals surface area contributed by atoms with Gasteiger partial charge in [0.05, 0.1) is 21.9 Å². The summed E-state index contributed by atoms with van der Waals surface area (Å²) in [6.07, 6.45) is -4.22. The first-order chi connectivity index (χ1) is 13.5. The number of anilines is 1. The van der Waals surface area contributed by atoms with Crippen LogP contribution in [0.1, 0.15) is 6.92 Å². The maximum atomic E-state index is 12.7. The van der Waals surface area contributed by atoms with Crippen LogP contribution < -0.4 is 5.32 Å². The van der Waals surface area contributed by atoms with E-state index in [1.165, 1.54) is 0 Å². The molecule has 1 aromatic carbocycles. The molecule has 30 heavy (non-hydrogen) atoms. The number of rotatable bonds is 5. The minimum Gasteiger partial charge on any atom is -0.373 e. The summed E-state index contributed by atoms with van der Waals surface area (Å²) in [5.41, 5.74) is -4.01. The van der Waals surface area contributed by atoms with E-state index < -0.39 is 37.7 Å². The van der Waals surface area contributed by atoms with Crippen LogP contribution in [0.15, 0.2) is 23.1 Å². The standard InChI is InChI=1S/C15H19ClF3N3O6S2/c1-14(24,15(17,18)19)13(23)20-12-4-3-10(9-11(12)16)30(27,28)22-7-5-21(6-8-22)29(2,25)26/h3-4,9,24H,5-8H2,1-2H3,(H,20,23)/t14-/m1/s1. The smallest absolute Gasteiger partial charge is 0.373 e. The van der Waals surface area contributed by atoms with Crippen LogP contribution in [0.2, 0.25) is 5.02 Å². The first kappa shape index (κ1) is 24.8. The number of amides is 1. The second-order valence-corrected chi connectivity index (χ2v) is 11.1. The molecule has 1 heterocycles. The van der Waals surface area contributed by atoms with Gasteiger partial charge in [0.15, 0.2) is 0 Å². The molecule has 9 nitrogen and oxygen atoms in total. The largest absolute Gasteiger partial charge is 0.426 e. The average Bonchev–Trinajstić information content (AvgIpc) is 2.61. The number of hydrogen-bond donors (Lipinski definition) is 2. The summed E-state index contributed by atoms with van der Waals surface area (Å²) in [5, 5.41) is 10.8. The van der Waals surface area contributed by atoms with Gasteiger partial charge in [-0.1, -0.05) is 11.6 Å². The maximum Gasteiger partial charge on any atom is 0.426 e. The summed E-state index contributed by atoms with van der Waals surface area (Å²) in [5.74, 6) is -1.79. The van der Waals surface area contributed by atoms with Crippen molar-refractivity contribution in [2.75, 3.05) is 37.8 Å². The van der Waals surface area contributed by atoms with Gasteiger partial charge in [-0.25, -0.2) is 16.8 Å². The number of aliphatic hydroxyl groups is 1. The third-order valence-electron chi connectivity index (χ3n) is 4.49. The number of carbonyl (C=O) groups is 1. The van der Waals surface area contributed by atoms with Crippen LogP contribution in [0.5, 0.6) is 0 Å². The molecular weight excluding hydrogens is 475 g/mol. The number of sulfonamides is 2. The Morgan fingerprint density at radius 3 is 2.03 bits per heavy atom. The van der Waals surface area contributed by atoms with Crippen LogP contribution in [0.4, 0.5) is 18.9 Å². The lowest BCUT2D eigenvalue weighted by Gasteiger charge is -2.32. The molecule has 2 rings (SSSR count). The summed E-state index contributed by atoms with van der Waals surface area (Å²) >= 11 is 5.92. The number of halogens is 4. The number of nitrogens with one attached hydrogen (secondary N) is 1. The molecule has 1 saturated heterocycles.